The molecule has 0 aromatic carbocycles. The number of hydrogen-bond donors (Lipinski definition) is 0. The topological polar surface area (TPSA) is 44.1 Å². The number of hydrogen-bond acceptors (Lipinski definition) is 2. The van der Waals surface area contributed by atoms with Crippen molar-refractivity contribution in [1.29, 1.82) is 5.26 Å². The van der Waals surface area contributed by atoms with Crippen molar-refractivity contribution < 1.29 is 4.79 Å². The Kier molecular flexibility index (Phi) is 5.94. The van der Waals surface area contributed by atoms with E-state index in [1.165, 1.54) is 0 Å². The highest BCUT2D eigenvalue weighted by atomic mass is 16.2. The van der Waals surface area contributed by atoms with E-state index in [2.05, 4.69) is 27.7 Å². The maximum Gasteiger partial charge on any atom is 0.236 e. The molecule has 0 radical (unpaired) electrons. The molecular weight excluding hydrogens is 176 g/mol. The van der Waals surface area contributed by atoms with Crippen LogP contribution in [-0.4, -0.2) is 23.9 Å². The molecule has 0 fully saturated rings. The van der Waals surface area contributed by atoms with Gasteiger partial charge in [-0.15, -0.1) is 0 Å². The predicted octanol–water partition coefficient (Wildman–Crippen LogP) is 2.04. The number of carbonyl (C=O) groups excluding carboxylic acids is 1. The van der Waals surface area contributed by atoms with Gasteiger partial charge in [0.15, 0.2) is 0 Å². The van der Waals surface area contributed by atoms with Crippen LogP contribution in [0.1, 0.15) is 34.1 Å². The van der Waals surface area contributed by atoms with Crippen molar-refractivity contribution in [2.75, 3.05) is 13.1 Å². The summed E-state index contributed by atoms with van der Waals surface area (Å²) >= 11 is 0. The zero-order valence-corrected chi connectivity index (χ0v) is 9.58. The molecule has 0 N–H and O–H groups in total. The molecule has 0 unspecified atom stereocenters. The third-order valence-electron chi connectivity index (χ3n) is 1.75. The zero-order valence-electron chi connectivity index (χ0n) is 9.58. The fraction of sp³-hybridized carbons (Fsp3) is 0.818. The minimum absolute atomic E-state index is 0.000556. The van der Waals surface area contributed by atoms with Gasteiger partial charge in [0.2, 0.25) is 5.91 Å². The Labute approximate surface area is 86.7 Å². The second-order valence-corrected chi connectivity index (χ2v) is 4.42. The fourth-order valence-electron chi connectivity index (χ4n) is 1.34. The number of rotatable bonds is 5. The molecule has 0 aliphatic rings. The van der Waals surface area contributed by atoms with Gasteiger partial charge in [0.25, 0.3) is 0 Å². The average Bonchev–Trinajstić information content (AvgIpc) is 2.01. The summed E-state index contributed by atoms with van der Waals surface area (Å²) in [4.78, 5) is 13.3. The number of nitriles is 1. The predicted molar refractivity (Wildman–Crippen MR) is 56.5 cm³/mol. The summed E-state index contributed by atoms with van der Waals surface area (Å²) in [6, 6.07) is 1.90. The first-order chi connectivity index (χ1) is 6.47. The molecule has 0 heterocycles. The van der Waals surface area contributed by atoms with Gasteiger partial charge in [-0.05, 0) is 11.8 Å². The van der Waals surface area contributed by atoms with Gasteiger partial charge in [0.1, 0.15) is 6.42 Å². The lowest BCUT2D eigenvalue weighted by atomic mass is 10.1. The van der Waals surface area contributed by atoms with Crippen LogP contribution in [0.2, 0.25) is 0 Å². The Morgan fingerprint density at radius 1 is 1.21 bits per heavy atom. The van der Waals surface area contributed by atoms with Crippen molar-refractivity contribution >= 4 is 5.91 Å². The summed E-state index contributed by atoms with van der Waals surface area (Å²) in [5.41, 5.74) is 0. The van der Waals surface area contributed by atoms with Crippen molar-refractivity contribution in [3.05, 3.63) is 0 Å². The summed E-state index contributed by atoms with van der Waals surface area (Å²) in [5.74, 6) is 0.864. The Bertz CT molecular complexity index is 206. The molecule has 14 heavy (non-hydrogen) atoms. The average molecular weight is 196 g/mol. The van der Waals surface area contributed by atoms with E-state index in [-0.39, 0.29) is 12.3 Å². The van der Waals surface area contributed by atoms with Crippen molar-refractivity contribution in [1.82, 2.24) is 4.90 Å². The molecule has 0 saturated carbocycles. The van der Waals surface area contributed by atoms with Gasteiger partial charge in [-0.3, -0.25) is 4.79 Å². The molecule has 3 nitrogen and oxygen atoms in total. The summed E-state index contributed by atoms with van der Waals surface area (Å²) in [5, 5.41) is 8.46. The lowest BCUT2D eigenvalue weighted by Gasteiger charge is -2.25. The first-order valence-electron chi connectivity index (χ1n) is 5.12. The van der Waals surface area contributed by atoms with Crippen LogP contribution < -0.4 is 0 Å². The number of nitrogens with zero attached hydrogens (tertiary/aromatic N) is 2. The molecule has 0 atom stereocenters. The molecule has 0 saturated heterocycles. The molecule has 1 amide bonds. The Balaban J connectivity index is 4.24. The van der Waals surface area contributed by atoms with Gasteiger partial charge < -0.3 is 4.90 Å². The zero-order chi connectivity index (χ0) is 11.1. The maximum absolute atomic E-state index is 11.5. The second-order valence-electron chi connectivity index (χ2n) is 4.42. The third-order valence-corrected chi connectivity index (χ3v) is 1.75. The SMILES string of the molecule is CC(C)CN(CC(C)C)C(=O)CC#N. The molecule has 3 heteroatoms. The summed E-state index contributed by atoms with van der Waals surface area (Å²) < 4.78 is 0. The molecule has 0 aromatic rings. The monoisotopic (exact) mass is 196 g/mol. The molecule has 0 aliphatic carbocycles. The Morgan fingerprint density at radius 2 is 1.64 bits per heavy atom. The van der Waals surface area contributed by atoms with E-state index in [9.17, 15) is 4.79 Å². The van der Waals surface area contributed by atoms with Gasteiger partial charge in [0, 0.05) is 13.1 Å². The van der Waals surface area contributed by atoms with Crippen LogP contribution in [0.5, 0.6) is 0 Å². The van der Waals surface area contributed by atoms with Gasteiger partial charge in [0.05, 0.1) is 6.07 Å². The van der Waals surface area contributed by atoms with Crippen molar-refractivity contribution in [3.8, 4) is 6.07 Å². The largest absolute Gasteiger partial charge is 0.341 e. The lowest BCUT2D eigenvalue weighted by Crippen LogP contribution is -2.36. The quantitative estimate of drug-likeness (QED) is 0.675. The maximum atomic E-state index is 11.5. The van der Waals surface area contributed by atoms with Crippen molar-refractivity contribution in [3.63, 3.8) is 0 Å². The Morgan fingerprint density at radius 3 is 1.93 bits per heavy atom. The van der Waals surface area contributed by atoms with Gasteiger partial charge in [-0.1, -0.05) is 27.7 Å². The third kappa shape index (κ3) is 5.58. The van der Waals surface area contributed by atoms with Crippen LogP contribution in [0.3, 0.4) is 0 Å². The lowest BCUT2D eigenvalue weighted by molar-refractivity contribution is -0.131. The molecule has 0 rings (SSSR count). The molecule has 80 valence electrons. The van der Waals surface area contributed by atoms with Crippen LogP contribution in [0.4, 0.5) is 0 Å². The molecule has 0 bridgehead atoms. The van der Waals surface area contributed by atoms with Gasteiger partial charge in [-0.25, -0.2) is 0 Å². The van der Waals surface area contributed by atoms with E-state index in [4.69, 9.17) is 5.26 Å². The highest BCUT2D eigenvalue weighted by Crippen LogP contribution is 2.05. The first kappa shape index (κ1) is 13.0. The van der Waals surface area contributed by atoms with Gasteiger partial charge >= 0.3 is 0 Å². The van der Waals surface area contributed by atoms with Crippen molar-refractivity contribution in [2.24, 2.45) is 11.8 Å². The first-order valence-corrected chi connectivity index (χ1v) is 5.12. The highest BCUT2D eigenvalue weighted by molar-refractivity contribution is 5.78. The molecule has 0 aromatic heterocycles. The summed E-state index contributed by atoms with van der Waals surface area (Å²) in [6.07, 6.45) is -0.000556. The summed E-state index contributed by atoms with van der Waals surface area (Å²) in [6.45, 7) is 9.80. The van der Waals surface area contributed by atoms with Crippen LogP contribution >= 0.6 is 0 Å². The van der Waals surface area contributed by atoms with E-state index < -0.39 is 0 Å². The molecule has 0 spiro atoms. The van der Waals surface area contributed by atoms with E-state index in [0.29, 0.717) is 11.8 Å². The number of carbonyl (C=O) groups is 1. The second kappa shape index (κ2) is 6.42. The molecule has 0 aliphatic heterocycles. The van der Waals surface area contributed by atoms with Crippen LogP contribution in [-0.2, 0) is 4.79 Å². The number of amides is 1. The van der Waals surface area contributed by atoms with E-state index in [1.54, 1.807) is 4.90 Å². The van der Waals surface area contributed by atoms with Crippen LogP contribution in [0.25, 0.3) is 0 Å². The van der Waals surface area contributed by atoms with Gasteiger partial charge in [-0.2, -0.15) is 5.26 Å². The minimum atomic E-state index is -0.0464. The standard InChI is InChI=1S/C11H20N2O/c1-9(2)7-13(8-10(3)4)11(14)5-6-12/h9-10H,5,7-8H2,1-4H3. The van der Waals surface area contributed by atoms with E-state index in [1.807, 2.05) is 6.07 Å². The Hall–Kier alpha value is -1.04. The van der Waals surface area contributed by atoms with Crippen LogP contribution in [0.15, 0.2) is 0 Å². The fourth-order valence-corrected chi connectivity index (χ4v) is 1.34. The smallest absolute Gasteiger partial charge is 0.236 e. The highest BCUT2D eigenvalue weighted by Gasteiger charge is 2.15. The van der Waals surface area contributed by atoms with Crippen molar-refractivity contribution in [2.45, 2.75) is 34.1 Å². The summed E-state index contributed by atoms with van der Waals surface area (Å²) in [7, 11) is 0. The van der Waals surface area contributed by atoms with Crippen LogP contribution in [0, 0.1) is 23.2 Å². The van der Waals surface area contributed by atoms with E-state index >= 15 is 0 Å². The normalized spacial score (nSPS) is 10.4. The minimum Gasteiger partial charge on any atom is -0.341 e. The molecular formula is C11H20N2O. The van der Waals surface area contributed by atoms with E-state index in [0.717, 1.165) is 13.1 Å².